The molecule has 0 bridgehead atoms. The molecular weight excluding hydrogens is 454 g/mol. The average Bonchev–Trinajstić information content (AvgIpc) is 3.17. The number of hydrogen-bond acceptors (Lipinski definition) is 5. The number of carbonyl (C=O) groups is 1. The van der Waals surface area contributed by atoms with E-state index in [0.29, 0.717) is 29.2 Å². The fraction of sp³-hybridized carbons (Fsp3) is 0.231. The third-order valence-electron chi connectivity index (χ3n) is 5.75. The number of fused-ring (bicyclic) bond motifs is 1. The molecular formula is C26H26F2N4O3. The molecule has 1 amide bonds. The second-order valence-electron chi connectivity index (χ2n) is 8.17. The Morgan fingerprint density at radius 2 is 1.89 bits per heavy atom. The molecule has 35 heavy (non-hydrogen) atoms. The van der Waals surface area contributed by atoms with Crippen molar-refractivity contribution in [1.29, 1.82) is 0 Å². The highest BCUT2D eigenvalue weighted by Gasteiger charge is 2.25. The van der Waals surface area contributed by atoms with E-state index in [2.05, 4.69) is 10.3 Å². The van der Waals surface area contributed by atoms with Crippen molar-refractivity contribution in [2.45, 2.75) is 27.2 Å². The van der Waals surface area contributed by atoms with Crippen LogP contribution in [0.5, 0.6) is 11.5 Å². The van der Waals surface area contributed by atoms with Gasteiger partial charge in [0.2, 0.25) is 0 Å². The summed E-state index contributed by atoms with van der Waals surface area (Å²) in [5.74, 6) is -1.08. The fourth-order valence-corrected chi connectivity index (χ4v) is 4.07. The van der Waals surface area contributed by atoms with Crippen molar-refractivity contribution in [3.8, 4) is 22.8 Å². The van der Waals surface area contributed by atoms with E-state index in [1.54, 1.807) is 6.07 Å². The maximum atomic E-state index is 14.8. The number of halogens is 2. The van der Waals surface area contributed by atoms with Gasteiger partial charge in [0.25, 0.3) is 5.91 Å². The number of aromatic nitrogens is 2. The van der Waals surface area contributed by atoms with Gasteiger partial charge in [-0.3, -0.25) is 9.20 Å². The van der Waals surface area contributed by atoms with Gasteiger partial charge in [0, 0.05) is 29.6 Å². The number of nitrogens with zero attached hydrogens (tertiary/aromatic N) is 2. The van der Waals surface area contributed by atoms with Crippen LogP contribution in [0.15, 0.2) is 42.6 Å². The van der Waals surface area contributed by atoms with E-state index in [-0.39, 0.29) is 18.0 Å². The van der Waals surface area contributed by atoms with Crippen molar-refractivity contribution < 1.29 is 23.0 Å². The van der Waals surface area contributed by atoms with Gasteiger partial charge in [-0.2, -0.15) is 0 Å². The molecule has 0 spiro atoms. The van der Waals surface area contributed by atoms with E-state index in [1.807, 2.05) is 45.0 Å². The predicted molar refractivity (Wildman–Crippen MR) is 130 cm³/mol. The monoisotopic (exact) mass is 480 g/mol. The summed E-state index contributed by atoms with van der Waals surface area (Å²) in [4.78, 5) is 16.0. The van der Waals surface area contributed by atoms with Gasteiger partial charge in [0.15, 0.2) is 18.1 Å². The Morgan fingerprint density at radius 3 is 2.51 bits per heavy atom. The number of nitrogens with one attached hydrogen (secondary N) is 1. The van der Waals surface area contributed by atoms with Crippen molar-refractivity contribution >= 4 is 23.1 Å². The molecule has 0 aliphatic rings. The van der Waals surface area contributed by atoms with Gasteiger partial charge in [-0.25, -0.2) is 13.8 Å². The van der Waals surface area contributed by atoms with Crippen LogP contribution in [0.1, 0.15) is 23.6 Å². The number of benzene rings is 2. The molecule has 0 aliphatic carbocycles. The van der Waals surface area contributed by atoms with Crippen molar-refractivity contribution in [2.75, 3.05) is 19.0 Å². The van der Waals surface area contributed by atoms with Gasteiger partial charge in [-0.05, 0) is 43.0 Å². The van der Waals surface area contributed by atoms with Gasteiger partial charge in [-0.1, -0.05) is 25.1 Å². The van der Waals surface area contributed by atoms with Crippen LogP contribution in [0.4, 0.5) is 20.3 Å². The maximum Gasteiger partial charge on any atom is 0.255 e. The normalized spacial score (nSPS) is 11.0. The lowest BCUT2D eigenvalue weighted by molar-refractivity contribution is -0.119. The number of pyridine rings is 1. The van der Waals surface area contributed by atoms with Crippen LogP contribution in [-0.2, 0) is 11.2 Å². The van der Waals surface area contributed by atoms with E-state index in [9.17, 15) is 13.6 Å². The van der Waals surface area contributed by atoms with E-state index in [4.69, 9.17) is 15.2 Å². The SMILES string of the molecule is CCc1cc(OC)cc(OCC(N)=O)c1-c1nc2c(F)cc(F)cn2c1Nc1c(C)cccc1C. The Kier molecular flexibility index (Phi) is 6.59. The number of anilines is 2. The van der Waals surface area contributed by atoms with Crippen molar-refractivity contribution in [3.05, 3.63) is 70.9 Å². The molecule has 4 rings (SSSR count). The summed E-state index contributed by atoms with van der Waals surface area (Å²) >= 11 is 0. The number of ether oxygens (including phenoxy) is 2. The molecule has 0 saturated heterocycles. The molecule has 0 fully saturated rings. The molecule has 0 saturated carbocycles. The second kappa shape index (κ2) is 9.61. The molecule has 7 nitrogen and oxygen atoms in total. The first-order valence-corrected chi connectivity index (χ1v) is 11.1. The minimum Gasteiger partial charge on any atom is -0.497 e. The van der Waals surface area contributed by atoms with Crippen LogP contribution in [0.2, 0.25) is 0 Å². The Bertz CT molecular complexity index is 1410. The topological polar surface area (TPSA) is 90.9 Å². The number of imidazole rings is 1. The van der Waals surface area contributed by atoms with Crippen molar-refractivity contribution in [3.63, 3.8) is 0 Å². The van der Waals surface area contributed by atoms with Crippen LogP contribution < -0.4 is 20.5 Å². The summed E-state index contributed by atoms with van der Waals surface area (Å²) < 4.78 is 41.6. The minimum atomic E-state index is -0.813. The van der Waals surface area contributed by atoms with Gasteiger partial charge >= 0.3 is 0 Å². The number of para-hydroxylation sites is 1. The molecule has 2 aromatic carbocycles. The lowest BCUT2D eigenvalue weighted by Gasteiger charge is -2.18. The van der Waals surface area contributed by atoms with Crippen LogP contribution in [-0.4, -0.2) is 29.0 Å². The second-order valence-corrected chi connectivity index (χ2v) is 8.17. The molecule has 4 aromatic rings. The number of aryl methyl sites for hydroxylation is 3. The number of nitrogens with two attached hydrogens (primary N) is 1. The smallest absolute Gasteiger partial charge is 0.255 e. The minimum absolute atomic E-state index is 0.0612. The quantitative estimate of drug-likeness (QED) is 0.367. The zero-order valence-electron chi connectivity index (χ0n) is 19.9. The first-order valence-electron chi connectivity index (χ1n) is 11.1. The molecule has 9 heteroatoms. The predicted octanol–water partition coefficient (Wildman–Crippen LogP) is 5.08. The standard InChI is InChI=1S/C26H26F2N4O3/c1-5-16-9-18(34-4)11-20(35-13-21(29)33)22(16)24-26(30-23-14(2)7-6-8-15(23)3)32-12-17(27)10-19(28)25(32)31-24/h6-12,30H,5,13H2,1-4H3,(H2,29,33). The summed E-state index contributed by atoms with van der Waals surface area (Å²) in [5.41, 5.74) is 9.55. The molecule has 2 heterocycles. The first kappa shape index (κ1) is 24.0. The Balaban J connectivity index is 2.05. The summed E-state index contributed by atoms with van der Waals surface area (Å²) in [6, 6.07) is 10.0. The molecule has 0 radical (unpaired) electrons. The van der Waals surface area contributed by atoms with Crippen LogP contribution in [0.25, 0.3) is 16.9 Å². The lowest BCUT2D eigenvalue weighted by atomic mass is 10.00. The molecule has 2 aromatic heterocycles. The molecule has 3 N–H and O–H groups in total. The van der Waals surface area contributed by atoms with Crippen LogP contribution in [0, 0.1) is 25.5 Å². The molecule has 0 unspecified atom stereocenters. The fourth-order valence-electron chi connectivity index (χ4n) is 4.07. The van der Waals surface area contributed by atoms with Gasteiger partial charge in [0.1, 0.15) is 28.8 Å². The number of rotatable bonds is 8. The van der Waals surface area contributed by atoms with Crippen LogP contribution in [0.3, 0.4) is 0 Å². The van der Waals surface area contributed by atoms with Crippen molar-refractivity contribution in [2.24, 2.45) is 5.73 Å². The molecule has 0 aliphatic heterocycles. The maximum absolute atomic E-state index is 14.8. The highest BCUT2D eigenvalue weighted by molar-refractivity contribution is 5.86. The van der Waals surface area contributed by atoms with Crippen molar-refractivity contribution in [1.82, 2.24) is 9.38 Å². The average molecular weight is 481 g/mol. The number of hydrogen-bond donors (Lipinski definition) is 2. The molecule has 182 valence electrons. The molecule has 0 atom stereocenters. The highest BCUT2D eigenvalue weighted by atomic mass is 19.1. The van der Waals surface area contributed by atoms with Gasteiger partial charge in [0.05, 0.1) is 7.11 Å². The first-order chi connectivity index (χ1) is 16.7. The summed E-state index contributed by atoms with van der Waals surface area (Å²) in [7, 11) is 1.52. The lowest BCUT2D eigenvalue weighted by Crippen LogP contribution is -2.20. The summed E-state index contributed by atoms with van der Waals surface area (Å²) in [6.07, 6.45) is 1.72. The van der Waals surface area contributed by atoms with E-state index < -0.39 is 17.5 Å². The van der Waals surface area contributed by atoms with Crippen LogP contribution >= 0.6 is 0 Å². The Hall–Kier alpha value is -4.14. The number of methoxy groups -OCH3 is 1. The third-order valence-corrected chi connectivity index (χ3v) is 5.75. The van der Waals surface area contributed by atoms with Gasteiger partial charge < -0.3 is 20.5 Å². The number of carbonyl (C=O) groups excluding carboxylic acids is 1. The van der Waals surface area contributed by atoms with Gasteiger partial charge in [-0.15, -0.1) is 0 Å². The van der Waals surface area contributed by atoms with E-state index in [0.717, 1.165) is 28.4 Å². The van der Waals surface area contributed by atoms with E-state index >= 15 is 0 Å². The summed E-state index contributed by atoms with van der Waals surface area (Å²) in [5, 5.41) is 3.35. The Labute approximate surface area is 201 Å². The highest BCUT2D eigenvalue weighted by Crippen LogP contribution is 2.42. The number of primary amides is 1. The summed E-state index contributed by atoms with van der Waals surface area (Å²) in [6.45, 7) is 5.43. The number of amides is 1. The third kappa shape index (κ3) is 4.62. The zero-order valence-corrected chi connectivity index (χ0v) is 19.9. The Morgan fingerprint density at radius 1 is 1.17 bits per heavy atom. The van der Waals surface area contributed by atoms with E-state index in [1.165, 1.54) is 17.7 Å². The largest absolute Gasteiger partial charge is 0.497 e. The zero-order chi connectivity index (χ0) is 25.3.